The fourth-order valence-corrected chi connectivity index (χ4v) is 2.68. The number of nitrogens with one attached hydrogen (secondary N) is 1. The van der Waals surface area contributed by atoms with Gasteiger partial charge in [0.2, 0.25) is 5.91 Å². The predicted octanol–water partition coefficient (Wildman–Crippen LogP) is 2.93. The zero-order chi connectivity index (χ0) is 13.9. The molecule has 0 spiro atoms. The van der Waals surface area contributed by atoms with Gasteiger partial charge in [0.05, 0.1) is 15.7 Å². The molecule has 20 heavy (non-hydrogen) atoms. The molecule has 1 unspecified atom stereocenters. The fraction of sp³-hybridized carbons (Fsp3) is 0.0667. The number of fused-ring (bicyclic) bond motifs is 1. The van der Waals surface area contributed by atoms with Gasteiger partial charge in [0.15, 0.2) is 0 Å². The zero-order valence-corrected chi connectivity index (χ0v) is 11.4. The standard InChI is InChI=1S/C15H13N3OS/c16-14(10-4-2-1-3-5-10)15(19)18-11-6-7-12-13(8-11)20-9-17-12/h1-9,14H,16H2,(H,18,19). The Balaban J connectivity index is 1.78. The van der Waals surface area contributed by atoms with Crippen LogP contribution < -0.4 is 11.1 Å². The van der Waals surface area contributed by atoms with Crippen LogP contribution in [0.1, 0.15) is 11.6 Å². The average Bonchev–Trinajstić information content (AvgIpc) is 2.95. The van der Waals surface area contributed by atoms with Gasteiger partial charge < -0.3 is 11.1 Å². The molecule has 1 amide bonds. The Kier molecular flexibility index (Phi) is 3.45. The van der Waals surface area contributed by atoms with Gasteiger partial charge in [-0.2, -0.15) is 0 Å². The second-order valence-electron chi connectivity index (χ2n) is 4.41. The highest BCUT2D eigenvalue weighted by Gasteiger charge is 2.15. The molecule has 3 N–H and O–H groups in total. The quantitative estimate of drug-likeness (QED) is 0.776. The van der Waals surface area contributed by atoms with E-state index in [4.69, 9.17) is 5.73 Å². The van der Waals surface area contributed by atoms with Crippen LogP contribution in [0, 0.1) is 0 Å². The number of benzene rings is 2. The lowest BCUT2D eigenvalue weighted by atomic mass is 10.1. The summed E-state index contributed by atoms with van der Waals surface area (Å²) in [4.78, 5) is 16.3. The minimum atomic E-state index is -0.673. The first-order chi connectivity index (χ1) is 9.74. The van der Waals surface area contributed by atoms with Crippen LogP contribution in [0.4, 0.5) is 5.69 Å². The lowest BCUT2D eigenvalue weighted by molar-refractivity contribution is -0.117. The molecule has 0 aliphatic heterocycles. The third-order valence-corrected chi connectivity index (χ3v) is 3.83. The van der Waals surface area contributed by atoms with Gasteiger partial charge in [-0.1, -0.05) is 30.3 Å². The number of aromatic nitrogens is 1. The molecule has 0 saturated heterocycles. The molecule has 3 rings (SSSR count). The average molecular weight is 283 g/mol. The van der Waals surface area contributed by atoms with Gasteiger partial charge in [-0.25, -0.2) is 4.98 Å². The maximum Gasteiger partial charge on any atom is 0.245 e. The third-order valence-electron chi connectivity index (χ3n) is 3.04. The highest BCUT2D eigenvalue weighted by molar-refractivity contribution is 7.16. The second-order valence-corrected chi connectivity index (χ2v) is 5.30. The van der Waals surface area contributed by atoms with E-state index in [0.717, 1.165) is 21.5 Å². The number of carbonyl (C=O) groups is 1. The van der Waals surface area contributed by atoms with Crippen LogP contribution in [0.3, 0.4) is 0 Å². The van der Waals surface area contributed by atoms with Crippen LogP contribution in [-0.2, 0) is 4.79 Å². The van der Waals surface area contributed by atoms with Crippen molar-refractivity contribution in [1.82, 2.24) is 4.98 Å². The van der Waals surface area contributed by atoms with Crippen molar-refractivity contribution in [3.05, 3.63) is 59.6 Å². The number of nitrogens with two attached hydrogens (primary N) is 1. The van der Waals surface area contributed by atoms with E-state index in [0.29, 0.717) is 0 Å². The second kappa shape index (κ2) is 5.40. The van der Waals surface area contributed by atoms with E-state index >= 15 is 0 Å². The monoisotopic (exact) mass is 283 g/mol. The van der Waals surface area contributed by atoms with Crippen molar-refractivity contribution >= 4 is 33.1 Å². The Morgan fingerprint density at radius 3 is 2.80 bits per heavy atom. The first-order valence-electron chi connectivity index (χ1n) is 6.19. The molecule has 0 bridgehead atoms. The van der Waals surface area contributed by atoms with Crippen LogP contribution >= 0.6 is 11.3 Å². The lowest BCUT2D eigenvalue weighted by Gasteiger charge is -2.12. The Labute approximate surface area is 120 Å². The number of hydrogen-bond acceptors (Lipinski definition) is 4. The maximum absolute atomic E-state index is 12.1. The Morgan fingerprint density at radius 2 is 2.00 bits per heavy atom. The zero-order valence-electron chi connectivity index (χ0n) is 10.6. The topological polar surface area (TPSA) is 68.0 Å². The van der Waals surface area contributed by atoms with Crippen molar-refractivity contribution in [2.45, 2.75) is 6.04 Å². The molecule has 1 aromatic heterocycles. The Bertz CT molecular complexity index is 739. The van der Waals surface area contributed by atoms with Crippen molar-refractivity contribution in [1.29, 1.82) is 0 Å². The Hall–Kier alpha value is -2.24. The van der Waals surface area contributed by atoms with Crippen LogP contribution in [0.2, 0.25) is 0 Å². The number of amides is 1. The number of anilines is 1. The summed E-state index contributed by atoms with van der Waals surface area (Å²) in [6, 6.07) is 14.3. The first kappa shape index (κ1) is 12.8. The summed E-state index contributed by atoms with van der Waals surface area (Å²) in [6.45, 7) is 0. The molecular formula is C15H13N3OS. The molecule has 0 radical (unpaired) electrons. The lowest BCUT2D eigenvalue weighted by Crippen LogP contribution is -2.27. The van der Waals surface area contributed by atoms with E-state index in [1.54, 1.807) is 5.51 Å². The molecule has 0 aliphatic rings. The molecule has 4 nitrogen and oxygen atoms in total. The first-order valence-corrected chi connectivity index (χ1v) is 7.06. The minimum absolute atomic E-state index is 0.222. The van der Waals surface area contributed by atoms with Gasteiger partial charge in [-0.15, -0.1) is 11.3 Å². The summed E-state index contributed by atoms with van der Waals surface area (Å²) in [6.07, 6.45) is 0. The van der Waals surface area contributed by atoms with E-state index in [1.807, 2.05) is 48.5 Å². The molecule has 1 heterocycles. The van der Waals surface area contributed by atoms with Crippen molar-refractivity contribution in [3.8, 4) is 0 Å². The van der Waals surface area contributed by atoms with Gasteiger partial charge in [0, 0.05) is 5.69 Å². The summed E-state index contributed by atoms with van der Waals surface area (Å²) in [7, 11) is 0. The molecule has 3 aromatic rings. The molecule has 2 aromatic carbocycles. The van der Waals surface area contributed by atoms with E-state index in [-0.39, 0.29) is 5.91 Å². The number of rotatable bonds is 3. The number of nitrogens with zero attached hydrogens (tertiary/aromatic N) is 1. The van der Waals surface area contributed by atoms with E-state index in [9.17, 15) is 4.79 Å². The molecule has 5 heteroatoms. The van der Waals surface area contributed by atoms with Crippen molar-refractivity contribution < 1.29 is 4.79 Å². The molecule has 0 fully saturated rings. The van der Waals surface area contributed by atoms with E-state index in [1.165, 1.54) is 11.3 Å². The third kappa shape index (κ3) is 2.54. The summed E-state index contributed by atoms with van der Waals surface area (Å²) in [5.74, 6) is -0.222. The van der Waals surface area contributed by atoms with Crippen molar-refractivity contribution in [3.63, 3.8) is 0 Å². The Morgan fingerprint density at radius 1 is 1.20 bits per heavy atom. The van der Waals surface area contributed by atoms with Gasteiger partial charge in [0.25, 0.3) is 0 Å². The van der Waals surface area contributed by atoms with Crippen molar-refractivity contribution in [2.75, 3.05) is 5.32 Å². The van der Waals surface area contributed by atoms with E-state index in [2.05, 4.69) is 10.3 Å². The number of carbonyl (C=O) groups excluding carboxylic acids is 1. The van der Waals surface area contributed by atoms with Gasteiger partial charge in [-0.3, -0.25) is 4.79 Å². The van der Waals surface area contributed by atoms with Gasteiger partial charge in [-0.05, 0) is 23.8 Å². The molecule has 0 aliphatic carbocycles. The van der Waals surface area contributed by atoms with Crippen LogP contribution in [0.5, 0.6) is 0 Å². The van der Waals surface area contributed by atoms with Crippen LogP contribution in [0.25, 0.3) is 10.2 Å². The van der Waals surface area contributed by atoms with Crippen LogP contribution in [0.15, 0.2) is 54.0 Å². The SMILES string of the molecule is NC(C(=O)Nc1ccc2ncsc2c1)c1ccccc1. The summed E-state index contributed by atoms with van der Waals surface area (Å²) < 4.78 is 1.04. The summed E-state index contributed by atoms with van der Waals surface area (Å²) >= 11 is 1.54. The smallest absolute Gasteiger partial charge is 0.245 e. The van der Waals surface area contributed by atoms with E-state index < -0.39 is 6.04 Å². The number of hydrogen-bond donors (Lipinski definition) is 2. The number of thiazole rings is 1. The van der Waals surface area contributed by atoms with Gasteiger partial charge >= 0.3 is 0 Å². The minimum Gasteiger partial charge on any atom is -0.324 e. The molecule has 100 valence electrons. The fourth-order valence-electron chi connectivity index (χ4n) is 1.96. The molecule has 1 atom stereocenters. The predicted molar refractivity (Wildman–Crippen MR) is 81.6 cm³/mol. The normalized spacial score (nSPS) is 12.2. The highest BCUT2D eigenvalue weighted by atomic mass is 32.1. The highest BCUT2D eigenvalue weighted by Crippen LogP contribution is 2.22. The molecular weight excluding hydrogens is 270 g/mol. The van der Waals surface area contributed by atoms with Crippen molar-refractivity contribution in [2.24, 2.45) is 5.73 Å². The van der Waals surface area contributed by atoms with Gasteiger partial charge in [0.1, 0.15) is 6.04 Å². The van der Waals surface area contributed by atoms with Crippen LogP contribution in [-0.4, -0.2) is 10.9 Å². The summed E-state index contributed by atoms with van der Waals surface area (Å²) in [5.41, 5.74) is 10.2. The maximum atomic E-state index is 12.1. The molecule has 0 saturated carbocycles. The summed E-state index contributed by atoms with van der Waals surface area (Å²) in [5, 5.41) is 2.84. The largest absolute Gasteiger partial charge is 0.324 e.